The molecule has 1 fully saturated rings. The number of aromatic nitrogens is 1. The van der Waals surface area contributed by atoms with Crippen LogP contribution in [0.4, 0.5) is 11.5 Å². The number of aliphatic hydroxyl groups is 1. The highest BCUT2D eigenvalue weighted by molar-refractivity contribution is 5.98. The first-order valence-corrected chi connectivity index (χ1v) is 5.56. The van der Waals surface area contributed by atoms with Crippen LogP contribution in [0.3, 0.4) is 0 Å². The van der Waals surface area contributed by atoms with E-state index in [4.69, 9.17) is 11.5 Å². The minimum absolute atomic E-state index is 0.267. The van der Waals surface area contributed by atoms with Crippen molar-refractivity contribution in [2.45, 2.75) is 18.9 Å². The second-order valence-electron chi connectivity index (χ2n) is 4.22. The average Bonchev–Trinajstić information content (AvgIpc) is 2.30. The van der Waals surface area contributed by atoms with Crippen LogP contribution < -0.4 is 16.4 Å². The quantitative estimate of drug-likeness (QED) is 0.655. The molecule has 1 aliphatic heterocycles. The number of carbonyl (C=O) groups is 1. The van der Waals surface area contributed by atoms with Crippen LogP contribution in [-0.2, 0) is 0 Å². The van der Waals surface area contributed by atoms with Gasteiger partial charge >= 0.3 is 0 Å². The third-order valence-electron chi connectivity index (χ3n) is 2.92. The zero-order valence-electron chi connectivity index (χ0n) is 9.47. The highest BCUT2D eigenvalue weighted by Crippen LogP contribution is 2.23. The molecule has 2 rings (SSSR count). The highest BCUT2D eigenvalue weighted by Gasteiger charge is 2.22. The van der Waals surface area contributed by atoms with Gasteiger partial charge in [-0.3, -0.25) is 4.79 Å². The van der Waals surface area contributed by atoms with Crippen LogP contribution >= 0.6 is 0 Å². The number of anilines is 2. The minimum atomic E-state index is -0.536. The Morgan fingerprint density at radius 1 is 1.47 bits per heavy atom. The third-order valence-corrected chi connectivity index (χ3v) is 2.92. The summed E-state index contributed by atoms with van der Waals surface area (Å²) in [6.07, 6.45) is 2.58. The maximum absolute atomic E-state index is 11.3. The van der Waals surface area contributed by atoms with Crippen LogP contribution in [0.25, 0.3) is 0 Å². The summed E-state index contributed by atoms with van der Waals surface area (Å²) < 4.78 is 0. The van der Waals surface area contributed by atoms with Crippen molar-refractivity contribution < 1.29 is 9.90 Å². The molecule has 0 unspecified atom stereocenters. The fourth-order valence-electron chi connectivity index (χ4n) is 1.98. The van der Waals surface area contributed by atoms with Gasteiger partial charge < -0.3 is 21.5 Å². The lowest BCUT2D eigenvalue weighted by molar-refractivity contribution is 0.1000. The molecule has 0 aliphatic carbocycles. The summed E-state index contributed by atoms with van der Waals surface area (Å²) in [5, 5.41) is 9.44. The lowest BCUT2D eigenvalue weighted by atomic mass is 10.1. The molecule has 1 aromatic rings. The van der Waals surface area contributed by atoms with Gasteiger partial charge in [-0.1, -0.05) is 0 Å². The maximum atomic E-state index is 11.3. The molecule has 17 heavy (non-hydrogen) atoms. The van der Waals surface area contributed by atoms with Crippen molar-refractivity contribution in [1.82, 2.24) is 4.98 Å². The van der Waals surface area contributed by atoms with E-state index in [9.17, 15) is 9.90 Å². The monoisotopic (exact) mass is 236 g/mol. The molecule has 0 atom stereocenters. The Hall–Kier alpha value is -1.82. The molecule has 2 heterocycles. The van der Waals surface area contributed by atoms with Gasteiger partial charge in [0.05, 0.1) is 23.6 Å². The van der Waals surface area contributed by atoms with Gasteiger partial charge in [0.2, 0.25) is 0 Å². The number of carbonyl (C=O) groups excluding carboxylic acids is 1. The van der Waals surface area contributed by atoms with Crippen LogP contribution in [0, 0.1) is 0 Å². The van der Waals surface area contributed by atoms with Gasteiger partial charge in [-0.15, -0.1) is 0 Å². The predicted octanol–water partition coefficient (Wildman–Crippen LogP) is -0.276. The average molecular weight is 236 g/mol. The Kier molecular flexibility index (Phi) is 3.14. The Morgan fingerprint density at radius 2 is 2.12 bits per heavy atom. The van der Waals surface area contributed by atoms with Gasteiger partial charge in [-0.05, 0) is 18.9 Å². The lowest BCUT2D eigenvalue weighted by Crippen LogP contribution is -2.37. The molecule has 5 N–H and O–H groups in total. The summed E-state index contributed by atoms with van der Waals surface area (Å²) in [4.78, 5) is 17.4. The van der Waals surface area contributed by atoms with E-state index >= 15 is 0 Å². The number of nitrogen functional groups attached to an aromatic ring is 1. The number of nitrogens with two attached hydrogens (primary N) is 2. The summed E-state index contributed by atoms with van der Waals surface area (Å²) >= 11 is 0. The second-order valence-corrected chi connectivity index (χ2v) is 4.22. The first-order chi connectivity index (χ1) is 8.08. The van der Waals surface area contributed by atoms with E-state index in [1.807, 2.05) is 4.90 Å². The van der Waals surface area contributed by atoms with Crippen molar-refractivity contribution in [1.29, 1.82) is 0 Å². The number of amides is 1. The van der Waals surface area contributed by atoms with E-state index in [-0.39, 0.29) is 6.10 Å². The molecule has 1 amide bonds. The zero-order valence-corrected chi connectivity index (χ0v) is 9.47. The number of hydrogen-bond donors (Lipinski definition) is 3. The first-order valence-electron chi connectivity index (χ1n) is 5.56. The normalized spacial score (nSPS) is 17.1. The maximum Gasteiger partial charge on any atom is 0.252 e. The summed E-state index contributed by atoms with van der Waals surface area (Å²) in [5.74, 6) is 0.0181. The van der Waals surface area contributed by atoms with Gasteiger partial charge in [0.25, 0.3) is 5.91 Å². The Bertz CT molecular complexity index is 427. The van der Waals surface area contributed by atoms with Crippen LogP contribution in [0.1, 0.15) is 23.2 Å². The fourth-order valence-corrected chi connectivity index (χ4v) is 1.98. The lowest BCUT2D eigenvalue weighted by Gasteiger charge is -2.31. The van der Waals surface area contributed by atoms with Crippen molar-refractivity contribution in [3.05, 3.63) is 17.8 Å². The van der Waals surface area contributed by atoms with Crippen LogP contribution in [0.5, 0.6) is 0 Å². The molecular weight excluding hydrogens is 220 g/mol. The van der Waals surface area contributed by atoms with Gasteiger partial charge in [-0.2, -0.15) is 0 Å². The van der Waals surface area contributed by atoms with Crippen molar-refractivity contribution in [2.75, 3.05) is 23.7 Å². The predicted molar refractivity (Wildman–Crippen MR) is 64.6 cm³/mol. The topological polar surface area (TPSA) is 105 Å². The Labute approximate surface area is 99.2 Å². The molecule has 6 nitrogen and oxygen atoms in total. The fraction of sp³-hybridized carbons (Fsp3) is 0.455. The third kappa shape index (κ3) is 2.47. The minimum Gasteiger partial charge on any atom is -0.397 e. The van der Waals surface area contributed by atoms with E-state index in [0.717, 1.165) is 0 Å². The van der Waals surface area contributed by atoms with E-state index in [2.05, 4.69) is 4.98 Å². The summed E-state index contributed by atoms with van der Waals surface area (Å²) in [7, 11) is 0. The first kappa shape index (κ1) is 11.7. The van der Waals surface area contributed by atoms with Crippen molar-refractivity contribution >= 4 is 17.4 Å². The van der Waals surface area contributed by atoms with Crippen molar-refractivity contribution in [2.24, 2.45) is 5.73 Å². The molecule has 1 saturated heterocycles. The molecule has 1 aromatic heterocycles. The van der Waals surface area contributed by atoms with Gasteiger partial charge in [0.1, 0.15) is 5.82 Å². The molecule has 0 aromatic carbocycles. The summed E-state index contributed by atoms with van der Waals surface area (Å²) in [6.45, 7) is 1.33. The number of nitrogens with zero attached hydrogens (tertiary/aromatic N) is 2. The van der Waals surface area contributed by atoms with Crippen molar-refractivity contribution in [3.63, 3.8) is 0 Å². The van der Waals surface area contributed by atoms with E-state index in [1.165, 1.54) is 12.3 Å². The van der Waals surface area contributed by atoms with Crippen LogP contribution in [-0.4, -0.2) is 35.2 Å². The van der Waals surface area contributed by atoms with Gasteiger partial charge in [0.15, 0.2) is 0 Å². The molecule has 0 spiro atoms. The molecule has 1 aliphatic rings. The number of pyridine rings is 1. The van der Waals surface area contributed by atoms with Crippen molar-refractivity contribution in [3.8, 4) is 0 Å². The standard InChI is InChI=1S/C11H16N4O2/c12-7-5-9(10(13)17)11(14-6-7)15-3-1-8(16)2-4-15/h5-6,8,16H,1-4,12H2,(H2,13,17). The Balaban J connectivity index is 2.28. The number of primary amides is 1. The van der Waals surface area contributed by atoms with Crippen LogP contribution in [0.2, 0.25) is 0 Å². The highest BCUT2D eigenvalue weighted by atomic mass is 16.3. The number of hydrogen-bond acceptors (Lipinski definition) is 5. The number of rotatable bonds is 2. The SMILES string of the molecule is NC(=O)c1cc(N)cnc1N1CCC(O)CC1. The molecule has 0 radical (unpaired) electrons. The summed E-state index contributed by atoms with van der Waals surface area (Å²) in [6, 6.07) is 1.54. The van der Waals surface area contributed by atoms with E-state index in [0.29, 0.717) is 43.0 Å². The number of aliphatic hydroxyl groups excluding tert-OH is 1. The molecule has 0 saturated carbocycles. The zero-order chi connectivity index (χ0) is 12.4. The molecule has 92 valence electrons. The molecular formula is C11H16N4O2. The smallest absolute Gasteiger partial charge is 0.252 e. The molecule has 0 bridgehead atoms. The van der Waals surface area contributed by atoms with E-state index < -0.39 is 5.91 Å². The van der Waals surface area contributed by atoms with Crippen LogP contribution in [0.15, 0.2) is 12.3 Å². The van der Waals surface area contributed by atoms with Gasteiger partial charge in [-0.25, -0.2) is 4.98 Å². The second kappa shape index (κ2) is 4.58. The number of piperidine rings is 1. The largest absolute Gasteiger partial charge is 0.397 e. The van der Waals surface area contributed by atoms with Gasteiger partial charge in [0, 0.05) is 13.1 Å². The Morgan fingerprint density at radius 3 is 2.71 bits per heavy atom. The summed E-state index contributed by atoms with van der Waals surface area (Å²) in [5.41, 5.74) is 11.6. The molecule has 6 heteroatoms. The van der Waals surface area contributed by atoms with E-state index in [1.54, 1.807) is 0 Å².